The van der Waals surface area contributed by atoms with Crippen molar-refractivity contribution >= 4 is 10.2 Å². The Morgan fingerprint density at radius 3 is 1.42 bits per heavy atom. The molecule has 3 saturated carbocycles. The summed E-state index contributed by atoms with van der Waals surface area (Å²) < 4.78 is 0. The summed E-state index contributed by atoms with van der Waals surface area (Å²) in [5, 5.41) is 0. The van der Waals surface area contributed by atoms with Gasteiger partial charge >= 0.3 is 0 Å². The quantitative estimate of drug-likeness (QED) is 0.307. The van der Waals surface area contributed by atoms with Gasteiger partial charge in [0, 0.05) is 10.2 Å². The normalized spacial score (nSPS) is 30.6. The molecule has 0 amide bonds. The van der Waals surface area contributed by atoms with Gasteiger partial charge in [-0.3, -0.25) is 0 Å². The number of rotatable bonds is 3. The Bertz CT molecular complexity index is 629. The Morgan fingerprint density at radius 2 is 0.879 bits per heavy atom. The molecule has 0 bridgehead atoms. The highest BCUT2D eigenvalue weighted by molar-refractivity contribution is 6.11. The van der Waals surface area contributed by atoms with Gasteiger partial charge in [0.25, 0.3) is 0 Å². The predicted molar refractivity (Wildman–Crippen MR) is 150 cm³/mol. The van der Waals surface area contributed by atoms with Crippen LogP contribution in [0.15, 0.2) is 24.3 Å². The first-order valence-corrected chi connectivity index (χ1v) is 16.5. The van der Waals surface area contributed by atoms with Crippen molar-refractivity contribution in [3.8, 4) is 0 Å². The lowest BCUT2D eigenvalue weighted by atomic mass is 9.79. The molecule has 186 valence electrons. The molecular formula is C32H54Si. The van der Waals surface area contributed by atoms with E-state index in [1.807, 2.05) is 0 Å². The van der Waals surface area contributed by atoms with Crippen LogP contribution in [-0.4, -0.2) is 10.2 Å². The number of benzene rings is 1. The second-order valence-electron chi connectivity index (χ2n) is 12.5. The van der Waals surface area contributed by atoms with E-state index in [1.54, 1.807) is 30.4 Å². The molecule has 3 unspecified atom stereocenters. The van der Waals surface area contributed by atoms with E-state index in [4.69, 9.17) is 0 Å². The molecule has 0 nitrogen and oxygen atoms in total. The fourth-order valence-electron chi connectivity index (χ4n) is 7.80. The van der Waals surface area contributed by atoms with Gasteiger partial charge in [0.05, 0.1) is 0 Å². The zero-order valence-electron chi connectivity index (χ0n) is 22.0. The van der Waals surface area contributed by atoms with Crippen molar-refractivity contribution in [2.45, 2.75) is 152 Å². The molecule has 0 saturated heterocycles. The van der Waals surface area contributed by atoms with E-state index in [0.717, 1.165) is 29.2 Å². The Kier molecular flexibility index (Phi) is 10.9. The van der Waals surface area contributed by atoms with Crippen molar-refractivity contribution in [2.24, 2.45) is 11.8 Å². The SMILES string of the molecule is [SiH3]C1CC(c2ccc(C3CCCCCCCCC3)cc2)CCC(C2CCCCCCCC2)C1. The predicted octanol–water partition coefficient (Wildman–Crippen LogP) is 9.47. The molecule has 0 spiro atoms. The van der Waals surface area contributed by atoms with Gasteiger partial charge in [0.2, 0.25) is 0 Å². The molecule has 0 radical (unpaired) electrons. The smallest absolute Gasteiger partial charge is 0.00677 e. The Hall–Kier alpha value is -0.563. The second-order valence-corrected chi connectivity index (χ2v) is 14.1. The Labute approximate surface area is 209 Å². The highest BCUT2D eigenvalue weighted by atomic mass is 28.1. The van der Waals surface area contributed by atoms with Crippen molar-refractivity contribution in [1.82, 2.24) is 0 Å². The van der Waals surface area contributed by atoms with Crippen LogP contribution in [0, 0.1) is 11.8 Å². The zero-order valence-corrected chi connectivity index (χ0v) is 24.0. The third-order valence-electron chi connectivity index (χ3n) is 9.83. The maximum absolute atomic E-state index is 2.56. The van der Waals surface area contributed by atoms with Gasteiger partial charge in [-0.05, 0) is 66.9 Å². The van der Waals surface area contributed by atoms with Gasteiger partial charge in [-0.15, -0.1) is 0 Å². The van der Waals surface area contributed by atoms with E-state index in [9.17, 15) is 0 Å². The summed E-state index contributed by atoms with van der Waals surface area (Å²) in [4.78, 5) is 0. The minimum Gasteiger partial charge on any atom is -0.0585 e. The summed E-state index contributed by atoms with van der Waals surface area (Å²) >= 11 is 0. The zero-order chi connectivity index (χ0) is 22.7. The second kappa shape index (κ2) is 14.1. The van der Waals surface area contributed by atoms with E-state index in [0.29, 0.717) is 0 Å². The van der Waals surface area contributed by atoms with Crippen molar-refractivity contribution in [3.05, 3.63) is 35.4 Å². The maximum Gasteiger partial charge on any atom is 0.00677 e. The molecule has 0 aromatic heterocycles. The summed E-state index contributed by atoms with van der Waals surface area (Å²) in [5.74, 6) is 3.75. The molecule has 1 aromatic rings. The standard InChI is InChI=1S/C32H54Si/c33-32-24-30(27-16-12-8-4-5-9-13-17-27)22-23-31(25-32)29-20-18-28(19-21-29)26-14-10-6-2-1-3-7-11-15-26/h18-21,26-27,30-32H,1-17,22-25H2,33H3. The third kappa shape index (κ3) is 8.26. The minimum atomic E-state index is 0.824. The van der Waals surface area contributed by atoms with Crippen LogP contribution in [0.3, 0.4) is 0 Å². The fraction of sp³-hybridized carbons (Fsp3) is 0.812. The minimum absolute atomic E-state index is 0.824. The number of hydrogen-bond acceptors (Lipinski definition) is 0. The van der Waals surface area contributed by atoms with Crippen LogP contribution in [0.4, 0.5) is 0 Å². The molecule has 0 N–H and O–H groups in total. The molecule has 0 aliphatic heterocycles. The molecular weight excluding hydrogens is 412 g/mol. The van der Waals surface area contributed by atoms with Gasteiger partial charge in [0.15, 0.2) is 0 Å². The molecule has 3 aliphatic carbocycles. The van der Waals surface area contributed by atoms with Gasteiger partial charge < -0.3 is 0 Å². The fourth-order valence-corrected chi connectivity index (χ4v) is 8.97. The Balaban J connectivity index is 1.35. The van der Waals surface area contributed by atoms with Gasteiger partial charge in [-0.1, -0.05) is 133 Å². The molecule has 1 aromatic carbocycles. The van der Waals surface area contributed by atoms with Crippen LogP contribution in [0.2, 0.25) is 5.54 Å². The van der Waals surface area contributed by atoms with Crippen LogP contribution in [0.5, 0.6) is 0 Å². The van der Waals surface area contributed by atoms with Crippen LogP contribution in [-0.2, 0) is 0 Å². The van der Waals surface area contributed by atoms with Crippen molar-refractivity contribution in [1.29, 1.82) is 0 Å². The molecule has 1 heteroatoms. The lowest BCUT2D eigenvalue weighted by Crippen LogP contribution is -2.16. The molecule has 0 heterocycles. The molecule has 3 aliphatic rings. The highest BCUT2D eigenvalue weighted by Crippen LogP contribution is 2.44. The molecule has 3 atom stereocenters. The summed E-state index contributed by atoms with van der Waals surface area (Å²) in [7, 11) is 1.40. The summed E-state index contributed by atoms with van der Waals surface area (Å²) in [5.41, 5.74) is 4.36. The highest BCUT2D eigenvalue weighted by Gasteiger charge is 2.29. The average molecular weight is 467 g/mol. The monoisotopic (exact) mass is 466 g/mol. The summed E-state index contributed by atoms with van der Waals surface area (Å²) in [6.07, 6.45) is 31.2. The van der Waals surface area contributed by atoms with E-state index < -0.39 is 0 Å². The number of hydrogen-bond donors (Lipinski definition) is 0. The van der Waals surface area contributed by atoms with Crippen LogP contribution in [0.25, 0.3) is 0 Å². The van der Waals surface area contributed by atoms with Crippen molar-refractivity contribution in [2.75, 3.05) is 0 Å². The third-order valence-corrected chi connectivity index (χ3v) is 10.8. The lowest BCUT2D eigenvalue weighted by Gasteiger charge is -2.27. The summed E-state index contributed by atoms with van der Waals surface area (Å²) in [6, 6.07) is 10.2. The first-order valence-electron chi connectivity index (χ1n) is 15.4. The first kappa shape index (κ1) is 25.5. The van der Waals surface area contributed by atoms with E-state index in [2.05, 4.69) is 24.3 Å². The largest absolute Gasteiger partial charge is 0.0585 e. The van der Waals surface area contributed by atoms with Crippen LogP contribution in [0.1, 0.15) is 158 Å². The van der Waals surface area contributed by atoms with Crippen molar-refractivity contribution in [3.63, 3.8) is 0 Å². The van der Waals surface area contributed by atoms with Gasteiger partial charge in [-0.2, -0.15) is 0 Å². The topological polar surface area (TPSA) is 0 Å². The first-order chi connectivity index (χ1) is 16.3. The van der Waals surface area contributed by atoms with E-state index in [1.165, 1.54) is 126 Å². The van der Waals surface area contributed by atoms with Crippen LogP contribution < -0.4 is 0 Å². The maximum atomic E-state index is 2.56. The van der Waals surface area contributed by atoms with E-state index >= 15 is 0 Å². The molecule has 33 heavy (non-hydrogen) atoms. The Morgan fingerprint density at radius 1 is 0.424 bits per heavy atom. The van der Waals surface area contributed by atoms with Gasteiger partial charge in [0.1, 0.15) is 0 Å². The summed E-state index contributed by atoms with van der Waals surface area (Å²) in [6.45, 7) is 0. The van der Waals surface area contributed by atoms with E-state index in [-0.39, 0.29) is 0 Å². The van der Waals surface area contributed by atoms with Crippen LogP contribution >= 0.6 is 0 Å². The molecule has 3 fully saturated rings. The van der Waals surface area contributed by atoms with Crippen molar-refractivity contribution < 1.29 is 0 Å². The molecule has 4 rings (SSSR count). The lowest BCUT2D eigenvalue weighted by molar-refractivity contribution is 0.257. The average Bonchev–Trinajstić information content (AvgIpc) is 2.93. The van der Waals surface area contributed by atoms with Gasteiger partial charge in [-0.25, -0.2) is 0 Å².